The van der Waals surface area contributed by atoms with Crippen molar-refractivity contribution in [2.24, 2.45) is 0 Å². The van der Waals surface area contributed by atoms with E-state index in [1.54, 1.807) is 16.8 Å². The number of ether oxygens (including phenoxy) is 1. The Morgan fingerprint density at radius 3 is 2.86 bits per heavy atom. The SMILES string of the molecule is C=CCSc1ncnn1C[C@]1(c2ccc(F)cc2F)O[C@H]1c1ccccc1Cl. The molecular formula is C20H16ClF2N3OS. The topological polar surface area (TPSA) is 43.2 Å². The zero-order valence-corrected chi connectivity index (χ0v) is 16.3. The van der Waals surface area contributed by atoms with E-state index in [-0.39, 0.29) is 12.1 Å². The van der Waals surface area contributed by atoms with Gasteiger partial charge in [0.05, 0.1) is 6.54 Å². The highest BCUT2D eigenvalue weighted by Crippen LogP contribution is 2.59. The van der Waals surface area contributed by atoms with E-state index in [1.807, 2.05) is 18.2 Å². The van der Waals surface area contributed by atoms with E-state index in [1.165, 1.54) is 30.2 Å². The Bertz CT molecular complexity index is 1030. The molecule has 3 aromatic rings. The molecule has 0 radical (unpaired) electrons. The van der Waals surface area contributed by atoms with Gasteiger partial charge in [-0.2, -0.15) is 5.10 Å². The lowest BCUT2D eigenvalue weighted by atomic mass is 9.91. The molecule has 2 aromatic carbocycles. The van der Waals surface area contributed by atoms with Gasteiger partial charge >= 0.3 is 0 Å². The van der Waals surface area contributed by atoms with Gasteiger partial charge in [-0.15, -0.1) is 6.58 Å². The van der Waals surface area contributed by atoms with Crippen LogP contribution in [0.1, 0.15) is 17.2 Å². The number of hydrogen-bond donors (Lipinski definition) is 0. The molecule has 1 aliphatic heterocycles. The molecule has 0 saturated carbocycles. The molecular weight excluding hydrogens is 404 g/mol. The van der Waals surface area contributed by atoms with Crippen LogP contribution in [0, 0.1) is 11.6 Å². The van der Waals surface area contributed by atoms with Crippen LogP contribution in [0.25, 0.3) is 0 Å². The number of aromatic nitrogens is 3. The molecule has 0 unspecified atom stereocenters. The minimum Gasteiger partial charge on any atom is -0.354 e. The van der Waals surface area contributed by atoms with Crippen molar-refractivity contribution in [2.75, 3.05) is 5.75 Å². The lowest BCUT2D eigenvalue weighted by molar-refractivity contribution is 0.250. The zero-order chi connectivity index (χ0) is 19.7. The predicted octanol–water partition coefficient (Wildman–Crippen LogP) is 5.15. The molecule has 0 aliphatic carbocycles. The maximum Gasteiger partial charge on any atom is 0.186 e. The average Bonchev–Trinajstić information content (AvgIpc) is 3.21. The Hall–Kier alpha value is -2.22. The lowest BCUT2D eigenvalue weighted by Crippen LogP contribution is -2.22. The van der Waals surface area contributed by atoms with E-state index in [9.17, 15) is 8.78 Å². The van der Waals surface area contributed by atoms with E-state index in [2.05, 4.69) is 16.7 Å². The van der Waals surface area contributed by atoms with Crippen molar-refractivity contribution in [3.63, 3.8) is 0 Å². The van der Waals surface area contributed by atoms with Crippen LogP contribution in [0.15, 0.2) is 66.6 Å². The first-order chi connectivity index (χ1) is 13.5. The second kappa shape index (κ2) is 7.66. The molecule has 144 valence electrons. The highest BCUT2D eigenvalue weighted by molar-refractivity contribution is 7.99. The minimum absolute atomic E-state index is 0.213. The first-order valence-corrected chi connectivity index (χ1v) is 9.91. The van der Waals surface area contributed by atoms with Crippen LogP contribution in [-0.4, -0.2) is 20.5 Å². The summed E-state index contributed by atoms with van der Waals surface area (Å²) in [6.45, 7) is 3.92. The lowest BCUT2D eigenvalue weighted by Gasteiger charge is -2.16. The number of rotatable bonds is 7. The molecule has 0 amide bonds. The van der Waals surface area contributed by atoms with Gasteiger partial charge in [-0.25, -0.2) is 18.4 Å². The molecule has 1 aliphatic rings. The molecule has 28 heavy (non-hydrogen) atoms. The maximum absolute atomic E-state index is 14.7. The third-order valence-electron chi connectivity index (χ3n) is 4.56. The normalized spacial score (nSPS) is 20.9. The maximum atomic E-state index is 14.7. The van der Waals surface area contributed by atoms with Gasteiger partial charge in [0.25, 0.3) is 0 Å². The third kappa shape index (κ3) is 3.45. The third-order valence-corrected chi connectivity index (χ3v) is 5.89. The van der Waals surface area contributed by atoms with Crippen molar-refractivity contribution in [3.05, 3.63) is 89.2 Å². The van der Waals surface area contributed by atoms with Crippen LogP contribution in [0.3, 0.4) is 0 Å². The number of nitrogens with zero attached hydrogens (tertiary/aromatic N) is 3. The number of halogens is 3. The second-order valence-corrected chi connectivity index (χ2v) is 7.73. The van der Waals surface area contributed by atoms with E-state index in [0.29, 0.717) is 15.9 Å². The van der Waals surface area contributed by atoms with Crippen LogP contribution in [-0.2, 0) is 16.9 Å². The van der Waals surface area contributed by atoms with E-state index in [4.69, 9.17) is 16.3 Å². The van der Waals surface area contributed by atoms with Crippen molar-refractivity contribution in [1.82, 2.24) is 14.8 Å². The summed E-state index contributed by atoms with van der Waals surface area (Å²) in [7, 11) is 0. The molecule has 0 N–H and O–H groups in total. The zero-order valence-electron chi connectivity index (χ0n) is 14.7. The summed E-state index contributed by atoms with van der Waals surface area (Å²) in [6, 6.07) is 10.7. The molecule has 2 atom stereocenters. The van der Waals surface area contributed by atoms with Crippen LogP contribution < -0.4 is 0 Å². The quantitative estimate of drug-likeness (QED) is 0.301. The van der Waals surface area contributed by atoms with Crippen LogP contribution in [0.5, 0.6) is 0 Å². The summed E-state index contributed by atoms with van der Waals surface area (Å²) < 4.78 is 35.9. The van der Waals surface area contributed by atoms with Crippen molar-refractivity contribution in [1.29, 1.82) is 0 Å². The molecule has 8 heteroatoms. The summed E-state index contributed by atoms with van der Waals surface area (Å²) in [6.07, 6.45) is 2.72. The first kappa shape index (κ1) is 19.1. The van der Waals surface area contributed by atoms with Gasteiger partial charge in [0.15, 0.2) is 5.16 Å². The number of thioether (sulfide) groups is 1. The van der Waals surface area contributed by atoms with E-state index < -0.39 is 23.3 Å². The molecule has 1 saturated heterocycles. The molecule has 0 bridgehead atoms. The van der Waals surface area contributed by atoms with E-state index >= 15 is 0 Å². The van der Waals surface area contributed by atoms with Crippen molar-refractivity contribution >= 4 is 23.4 Å². The van der Waals surface area contributed by atoms with Crippen molar-refractivity contribution < 1.29 is 13.5 Å². The number of epoxide rings is 1. The van der Waals surface area contributed by atoms with Gasteiger partial charge in [-0.3, -0.25) is 0 Å². The molecule has 0 spiro atoms. The Labute approximate surface area is 170 Å². The molecule has 4 nitrogen and oxygen atoms in total. The first-order valence-electron chi connectivity index (χ1n) is 8.54. The molecule has 1 fully saturated rings. The Balaban J connectivity index is 1.75. The van der Waals surface area contributed by atoms with Crippen LogP contribution in [0.4, 0.5) is 8.78 Å². The molecule has 1 aromatic heterocycles. The van der Waals surface area contributed by atoms with Crippen molar-refractivity contribution in [2.45, 2.75) is 23.4 Å². The van der Waals surface area contributed by atoms with Crippen molar-refractivity contribution in [3.8, 4) is 0 Å². The van der Waals surface area contributed by atoms with Gasteiger partial charge in [0, 0.05) is 28.0 Å². The molecule has 4 rings (SSSR count). The largest absolute Gasteiger partial charge is 0.354 e. The fraction of sp³-hybridized carbons (Fsp3) is 0.200. The standard InChI is InChI=1S/C20H16ClF2N3OS/c1-2-9-28-19-24-12-25-26(19)11-20(15-8-7-13(22)10-17(15)23)18(27-20)14-5-3-4-6-16(14)21/h2-8,10,12,18H,1,9,11H2/t18-,20+/m0/s1. The summed E-state index contributed by atoms with van der Waals surface area (Å²) >= 11 is 7.80. The number of benzene rings is 2. The average molecular weight is 420 g/mol. The van der Waals surface area contributed by atoms with Crippen LogP contribution >= 0.6 is 23.4 Å². The van der Waals surface area contributed by atoms with Gasteiger partial charge in [-0.1, -0.05) is 53.7 Å². The smallest absolute Gasteiger partial charge is 0.186 e. The summed E-state index contributed by atoms with van der Waals surface area (Å²) in [5.41, 5.74) is -0.0535. The Kier molecular flexibility index (Phi) is 5.23. The molecule has 2 heterocycles. The summed E-state index contributed by atoms with van der Waals surface area (Å²) in [5.74, 6) is -0.657. The Morgan fingerprint density at radius 2 is 2.11 bits per heavy atom. The highest BCUT2D eigenvalue weighted by Gasteiger charge is 2.61. The summed E-state index contributed by atoms with van der Waals surface area (Å²) in [4.78, 5) is 4.24. The van der Waals surface area contributed by atoms with Gasteiger partial charge in [0.1, 0.15) is 29.7 Å². The van der Waals surface area contributed by atoms with Gasteiger partial charge in [0.2, 0.25) is 0 Å². The highest BCUT2D eigenvalue weighted by atomic mass is 35.5. The van der Waals surface area contributed by atoms with Gasteiger partial charge < -0.3 is 4.74 Å². The minimum atomic E-state index is -1.06. The monoisotopic (exact) mass is 419 g/mol. The van der Waals surface area contributed by atoms with E-state index in [0.717, 1.165) is 11.6 Å². The van der Waals surface area contributed by atoms with Crippen LogP contribution in [0.2, 0.25) is 5.02 Å². The fourth-order valence-corrected chi connectivity index (χ4v) is 4.14. The Morgan fingerprint density at radius 1 is 1.29 bits per heavy atom. The second-order valence-electron chi connectivity index (χ2n) is 6.33. The number of hydrogen-bond acceptors (Lipinski definition) is 4. The summed E-state index contributed by atoms with van der Waals surface area (Å²) in [5, 5.41) is 5.45. The predicted molar refractivity (Wildman–Crippen MR) is 104 cm³/mol. The van der Waals surface area contributed by atoms with Gasteiger partial charge in [-0.05, 0) is 12.1 Å². The fourth-order valence-electron chi connectivity index (χ4n) is 3.25.